The lowest BCUT2D eigenvalue weighted by atomic mass is 10.1. The normalized spacial score (nSPS) is 10.9. The van der Waals surface area contributed by atoms with Gasteiger partial charge in [-0.25, -0.2) is 10.2 Å². The highest BCUT2D eigenvalue weighted by Crippen LogP contribution is 2.28. The van der Waals surface area contributed by atoms with E-state index in [2.05, 4.69) is 20.5 Å². The molecule has 1 aromatic carbocycles. The van der Waals surface area contributed by atoms with E-state index in [4.69, 9.17) is 9.47 Å². The number of hydrogen-bond acceptors (Lipinski definition) is 6. The van der Waals surface area contributed by atoms with Crippen LogP contribution >= 0.6 is 0 Å². The number of rotatable bonds is 10. The summed E-state index contributed by atoms with van der Waals surface area (Å²) in [5, 5.41) is 3.94. The molecule has 0 fully saturated rings. The van der Waals surface area contributed by atoms with Gasteiger partial charge in [-0.3, -0.25) is 14.6 Å². The van der Waals surface area contributed by atoms with E-state index in [9.17, 15) is 14.4 Å². The van der Waals surface area contributed by atoms with E-state index in [1.54, 1.807) is 19.1 Å². The predicted octanol–water partition coefficient (Wildman–Crippen LogP) is 1.64. The quantitative estimate of drug-likeness (QED) is 0.411. The van der Waals surface area contributed by atoms with Crippen LogP contribution in [-0.4, -0.2) is 35.3 Å². The summed E-state index contributed by atoms with van der Waals surface area (Å²) in [6.45, 7) is 6.63. The molecule has 1 amide bonds. The highest BCUT2D eigenvalue weighted by molar-refractivity contribution is 5.83. The zero-order chi connectivity index (χ0) is 21.2. The number of aryl methyl sites for hydroxylation is 1. The van der Waals surface area contributed by atoms with Gasteiger partial charge in [-0.1, -0.05) is 6.92 Å². The van der Waals surface area contributed by atoms with E-state index in [0.29, 0.717) is 36.0 Å². The van der Waals surface area contributed by atoms with E-state index in [1.165, 1.54) is 6.21 Å². The van der Waals surface area contributed by atoms with Gasteiger partial charge in [0.25, 0.3) is 5.56 Å². The molecular weight excluding hydrogens is 376 g/mol. The van der Waals surface area contributed by atoms with Crippen LogP contribution in [0.15, 0.2) is 32.9 Å². The van der Waals surface area contributed by atoms with Crippen molar-refractivity contribution in [2.24, 2.45) is 5.10 Å². The Morgan fingerprint density at radius 1 is 1.17 bits per heavy atom. The van der Waals surface area contributed by atoms with Gasteiger partial charge in [0.05, 0.1) is 19.4 Å². The van der Waals surface area contributed by atoms with Crippen LogP contribution in [0.4, 0.5) is 0 Å². The topological polar surface area (TPSA) is 126 Å². The number of hydrogen-bond donors (Lipinski definition) is 3. The first-order valence-electron chi connectivity index (χ1n) is 9.48. The Labute approximate surface area is 168 Å². The van der Waals surface area contributed by atoms with Gasteiger partial charge in [0.2, 0.25) is 5.91 Å². The zero-order valence-electron chi connectivity index (χ0n) is 16.8. The predicted molar refractivity (Wildman–Crippen MR) is 110 cm³/mol. The van der Waals surface area contributed by atoms with Crippen molar-refractivity contribution in [2.45, 2.75) is 40.0 Å². The lowest BCUT2D eigenvalue weighted by Crippen LogP contribution is -2.28. The highest BCUT2D eigenvalue weighted by Gasteiger charge is 2.09. The molecule has 0 radical (unpaired) electrons. The van der Waals surface area contributed by atoms with Gasteiger partial charge in [0, 0.05) is 17.7 Å². The summed E-state index contributed by atoms with van der Waals surface area (Å²) in [4.78, 5) is 39.6. The molecule has 2 rings (SSSR count). The van der Waals surface area contributed by atoms with Crippen LogP contribution in [0.2, 0.25) is 0 Å². The Morgan fingerprint density at radius 3 is 2.66 bits per heavy atom. The highest BCUT2D eigenvalue weighted by atomic mass is 16.5. The summed E-state index contributed by atoms with van der Waals surface area (Å²) in [6.07, 6.45) is 2.64. The molecule has 9 nitrogen and oxygen atoms in total. The Morgan fingerprint density at radius 2 is 1.97 bits per heavy atom. The van der Waals surface area contributed by atoms with Crippen molar-refractivity contribution in [2.75, 3.05) is 13.2 Å². The van der Waals surface area contributed by atoms with Gasteiger partial charge in [-0.05, 0) is 50.5 Å². The van der Waals surface area contributed by atoms with Crippen molar-refractivity contribution in [3.05, 3.63) is 55.9 Å². The first kappa shape index (κ1) is 21.9. The third-order valence-corrected chi connectivity index (χ3v) is 3.99. The minimum atomic E-state index is -0.567. The lowest BCUT2D eigenvalue weighted by Gasteiger charge is -2.11. The van der Waals surface area contributed by atoms with Crippen molar-refractivity contribution >= 4 is 12.1 Å². The Balaban J connectivity index is 1.95. The Hall–Kier alpha value is -3.36. The molecule has 1 aromatic heterocycles. The Kier molecular flexibility index (Phi) is 8.20. The first-order chi connectivity index (χ1) is 13.9. The molecule has 2 aromatic rings. The number of carbonyl (C=O) groups excluding carboxylic acids is 1. The molecular formula is C20H26N4O5. The number of nitrogens with zero attached hydrogens (tertiary/aromatic N) is 1. The number of amides is 1. The van der Waals surface area contributed by atoms with Gasteiger partial charge in [0.15, 0.2) is 11.5 Å². The van der Waals surface area contributed by atoms with Crippen LogP contribution < -0.4 is 26.1 Å². The van der Waals surface area contributed by atoms with E-state index < -0.39 is 11.2 Å². The van der Waals surface area contributed by atoms with Crippen molar-refractivity contribution in [1.29, 1.82) is 0 Å². The molecule has 29 heavy (non-hydrogen) atoms. The van der Waals surface area contributed by atoms with Gasteiger partial charge in [-0.15, -0.1) is 0 Å². The average molecular weight is 402 g/mol. The standard InChI is InChI=1S/C20H26N4O5/c1-4-10-29-16-8-6-14(11-17(16)28-5-2)12-21-24-18(25)9-7-15-13(3)22-20(27)23-19(15)26/h6,8,11-12H,4-5,7,9-10H2,1-3H3,(H,24,25)(H2,22,23,26,27)/b21-12+. The van der Waals surface area contributed by atoms with Crippen molar-refractivity contribution < 1.29 is 14.3 Å². The second-order valence-electron chi connectivity index (χ2n) is 6.29. The van der Waals surface area contributed by atoms with Crippen LogP contribution in [0.5, 0.6) is 11.5 Å². The average Bonchev–Trinajstić information content (AvgIpc) is 2.66. The zero-order valence-corrected chi connectivity index (χ0v) is 16.8. The third kappa shape index (κ3) is 6.63. The number of ether oxygens (including phenoxy) is 2. The molecule has 3 N–H and O–H groups in total. The van der Waals surface area contributed by atoms with E-state index >= 15 is 0 Å². The molecule has 0 bridgehead atoms. The van der Waals surface area contributed by atoms with Gasteiger partial charge >= 0.3 is 5.69 Å². The fourth-order valence-corrected chi connectivity index (χ4v) is 2.60. The summed E-state index contributed by atoms with van der Waals surface area (Å²) in [5.74, 6) is 0.930. The van der Waals surface area contributed by atoms with Gasteiger partial charge in [0.1, 0.15) is 0 Å². The van der Waals surface area contributed by atoms with Crippen molar-refractivity contribution in [3.63, 3.8) is 0 Å². The summed E-state index contributed by atoms with van der Waals surface area (Å²) in [6, 6.07) is 5.40. The first-order valence-corrected chi connectivity index (χ1v) is 9.48. The Bertz CT molecular complexity index is 978. The molecule has 1 heterocycles. The third-order valence-electron chi connectivity index (χ3n) is 3.99. The summed E-state index contributed by atoms with van der Waals surface area (Å²) < 4.78 is 11.2. The SMILES string of the molecule is CCCOc1ccc(/C=N/NC(=O)CCc2c(C)[nH]c(=O)[nH]c2=O)cc1OCC. The molecule has 156 valence electrons. The van der Waals surface area contributed by atoms with Crippen LogP contribution in [0.1, 0.15) is 43.5 Å². The number of H-pyrrole nitrogens is 2. The molecule has 0 saturated heterocycles. The fraction of sp³-hybridized carbons (Fsp3) is 0.400. The molecule has 0 spiro atoms. The maximum atomic E-state index is 12.0. The number of aromatic amines is 2. The second-order valence-corrected chi connectivity index (χ2v) is 6.29. The van der Waals surface area contributed by atoms with Gasteiger partial charge < -0.3 is 14.5 Å². The number of hydrazone groups is 1. The monoisotopic (exact) mass is 402 g/mol. The number of carbonyl (C=O) groups is 1. The maximum Gasteiger partial charge on any atom is 0.325 e. The van der Waals surface area contributed by atoms with E-state index in [-0.39, 0.29) is 18.7 Å². The van der Waals surface area contributed by atoms with Gasteiger partial charge in [-0.2, -0.15) is 5.10 Å². The van der Waals surface area contributed by atoms with E-state index in [1.807, 2.05) is 19.9 Å². The van der Waals surface area contributed by atoms with Crippen LogP contribution in [0.25, 0.3) is 0 Å². The fourth-order valence-electron chi connectivity index (χ4n) is 2.60. The van der Waals surface area contributed by atoms with Crippen LogP contribution in [0.3, 0.4) is 0 Å². The lowest BCUT2D eigenvalue weighted by molar-refractivity contribution is -0.121. The molecule has 0 aliphatic rings. The summed E-state index contributed by atoms with van der Waals surface area (Å²) >= 11 is 0. The molecule has 0 aliphatic heterocycles. The van der Waals surface area contributed by atoms with Crippen LogP contribution in [0, 0.1) is 6.92 Å². The van der Waals surface area contributed by atoms with Crippen molar-refractivity contribution in [1.82, 2.24) is 15.4 Å². The largest absolute Gasteiger partial charge is 0.490 e. The smallest absolute Gasteiger partial charge is 0.325 e. The maximum absolute atomic E-state index is 12.0. The number of benzene rings is 1. The molecule has 0 atom stereocenters. The van der Waals surface area contributed by atoms with E-state index in [0.717, 1.165) is 12.0 Å². The molecule has 0 saturated carbocycles. The summed E-state index contributed by atoms with van der Waals surface area (Å²) in [7, 11) is 0. The van der Waals surface area contributed by atoms with Crippen LogP contribution in [-0.2, 0) is 11.2 Å². The van der Waals surface area contributed by atoms with Crippen molar-refractivity contribution in [3.8, 4) is 11.5 Å². The molecule has 9 heteroatoms. The molecule has 0 aliphatic carbocycles. The molecule has 0 unspecified atom stereocenters. The minimum absolute atomic E-state index is 0.0568. The number of nitrogens with one attached hydrogen (secondary N) is 3. The number of aromatic nitrogens is 2. The summed E-state index contributed by atoms with van der Waals surface area (Å²) in [5.41, 5.74) is 2.93. The minimum Gasteiger partial charge on any atom is -0.490 e. The second kappa shape index (κ2) is 10.8.